The lowest BCUT2D eigenvalue weighted by Crippen LogP contribution is -2.21. The third-order valence-electron chi connectivity index (χ3n) is 3.80. The van der Waals surface area contributed by atoms with Gasteiger partial charge in [-0.25, -0.2) is 21.6 Å². The van der Waals surface area contributed by atoms with E-state index in [1.807, 2.05) is 0 Å². The van der Waals surface area contributed by atoms with Crippen LogP contribution in [0.2, 0.25) is 0 Å². The molecule has 10 heteroatoms. The summed E-state index contributed by atoms with van der Waals surface area (Å²) in [7, 11) is -3.91. The predicted molar refractivity (Wildman–Crippen MR) is 104 cm³/mol. The molecule has 3 aromatic carbocycles. The first-order valence-corrected chi connectivity index (χ1v) is 9.97. The molecule has 0 fully saturated rings. The van der Waals surface area contributed by atoms with Gasteiger partial charge in [0.2, 0.25) is 0 Å². The SMILES string of the molecule is O=C(COc1ccc(S(=O)(=O)Nc2ccc(F)cc2)cc1)Nc1cc(F)ccc1F. The molecule has 0 aliphatic rings. The van der Waals surface area contributed by atoms with Gasteiger partial charge in [0.1, 0.15) is 23.2 Å². The minimum absolute atomic E-state index is 0.0783. The van der Waals surface area contributed by atoms with E-state index in [1.54, 1.807) is 0 Å². The molecule has 6 nitrogen and oxygen atoms in total. The van der Waals surface area contributed by atoms with Crippen LogP contribution in [0.1, 0.15) is 0 Å². The second kappa shape index (κ2) is 8.87. The van der Waals surface area contributed by atoms with E-state index in [9.17, 15) is 26.4 Å². The largest absolute Gasteiger partial charge is 0.484 e. The Balaban J connectivity index is 1.59. The zero-order valence-electron chi connectivity index (χ0n) is 15.2. The number of carbonyl (C=O) groups excluding carboxylic acids is 1. The van der Waals surface area contributed by atoms with Crippen molar-refractivity contribution in [2.24, 2.45) is 0 Å². The second-order valence-electron chi connectivity index (χ2n) is 6.04. The van der Waals surface area contributed by atoms with Crippen molar-refractivity contribution in [1.29, 1.82) is 0 Å². The van der Waals surface area contributed by atoms with E-state index in [-0.39, 0.29) is 22.0 Å². The Morgan fingerprint density at radius 3 is 2.17 bits per heavy atom. The van der Waals surface area contributed by atoms with Gasteiger partial charge in [0, 0.05) is 11.8 Å². The number of sulfonamides is 1. The predicted octanol–water partition coefficient (Wildman–Crippen LogP) is 3.92. The fraction of sp³-hybridized carbons (Fsp3) is 0.0500. The number of hydrogen-bond acceptors (Lipinski definition) is 4. The Morgan fingerprint density at radius 2 is 1.50 bits per heavy atom. The van der Waals surface area contributed by atoms with Crippen LogP contribution in [-0.4, -0.2) is 20.9 Å². The summed E-state index contributed by atoms with van der Waals surface area (Å²) in [5, 5.41) is 2.18. The zero-order valence-corrected chi connectivity index (χ0v) is 16.0. The molecule has 0 spiro atoms. The number of hydrogen-bond donors (Lipinski definition) is 2. The lowest BCUT2D eigenvalue weighted by Gasteiger charge is -2.10. The fourth-order valence-electron chi connectivity index (χ4n) is 2.38. The summed E-state index contributed by atoms with van der Waals surface area (Å²) in [5.74, 6) is -2.55. The molecule has 0 bridgehead atoms. The highest BCUT2D eigenvalue weighted by atomic mass is 32.2. The van der Waals surface area contributed by atoms with Crippen molar-refractivity contribution in [2.45, 2.75) is 4.90 Å². The molecule has 2 N–H and O–H groups in total. The van der Waals surface area contributed by atoms with Gasteiger partial charge in [-0.1, -0.05) is 0 Å². The third kappa shape index (κ3) is 5.51. The molecule has 0 unspecified atom stereocenters. The van der Waals surface area contributed by atoms with Crippen LogP contribution in [0.5, 0.6) is 5.75 Å². The molecule has 1 amide bonds. The van der Waals surface area contributed by atoms with Crippen LogP contribution >= 0.6 is 0 Å². The van der Waals surface area contributed by atoms with Gasteiger partial charge in [0.25, 0.3) is 15.9 Å². The molecule has 0 saturated heterocycles. The fourth-order valence-corrected chi connectivity index (χ4v) is 3.43. The number of rotatable bonds is 7. The first-order valence-electron chi connectivity index (χ1n) is 8.49. The third-order valence-corrected chi connectivity index (χ3v) is 5.20. The van der Waals surface area contributed by atoms with Crippen molar-refractivity contribution in [1.82, 2.24) is 0 Å². The van der Waals surface area contributed by atoms with Crippen LogP contribution in [-0.2, 0) is 14.8 Å². The average molecular weight is 436 g/mol. The Hall–Kier alpha value is -3.53. The van der Waals surface area contributed by atoms with Crippen molar-refractivity contribution >= 4 is 27.3 Å². The van der Waals surface area contributed by atoms with Crippen molar-refractivity contribution in [2.75, 3.05) is 16.6 Å². The Morgan fingerprint density at radius 1 is 0.867 bits per heavy atom. The molecule has 3 rings (SSSR count). The van der Waals surface area contributed by atoms with E-state index >= 15 is 0 Å². The summed E-state index contributed by atoms with van der Waals surface area (Å²) in [4.78, 5) is 11.8. The Kier molecular flexibility index (Phi) is 6.26. The minimum atomic E-state index is -3.91. The van der Waals surface area contributed by atoms with Crippen LogP contribution < -0.4 is 14.8 Å². The zero-order chi connectivity index (χ0) is 21.7. The van der Waals surface area contributed by atoms with Gasteiger partial charge in [-0.05, 0) is 60.7 Å². The molecule has 0 aliphatic carbocycles. The number of carbonyl (C=O) groups is 1. The Bertz CT molecular complexity index is 1150. The number of amides is 1. The molecular formula is C20H15F3N2O4S. The summed E-state index contributed by atoms with van der Waals surface area (Å²) >= 11 is 0. The number of ether oxygens (including phenoxy) is 1. The van der Waals surface area contributed by atoms with Gasteiger partial charge in [-0.15, -0.1) is 0 Å². The van der Waals surface area contributed by atoms with Crippen LogP contribution in [0.25, 0.3) is 0 Å². The highest BCUT2D eigenvalue weighted by Gasteiger charge is 2.15. The molecule has 0 radical (unpaired) electrons. The molecule has 0 aromatic heterocycles. The second-order valence-corrected chi connectivity index (χ2v) is 7.73. The minimum Gasteiger partial charge on any atom is -0.484 e. The smallest absolute Gasteiger partial charge is 0.262 e. The van der Waals surface area contributed by atoms with Gasteiger partial charge in [-0.3, -0.25) is 9.52 Å². The van der Waals surface area contributed by atoms with E-state index in [1.165, 1.54) is 36.4 Å². The van der Waals surface area contributed by atoms with Crippen molar-refractivity contribution < 1.29 is 31.1 Å². The van der Waals surface area contributed by atoms with Crippen LogP contribution in [0.3, 0.4) is 0 Å². The topological polar surface area (TPSA) is 84.5 Å². The maximum absolute atomic E-state index is 13.5. The van der Waals surface area contributed by atoms with Crippen LogP contribution in [0.15, 0.2) is 71.6 Å². The molecule has 0 aliphatic heterocycles. The normalized spacial score (nSPS) is 11.0. The maximum Gasteiger partial charge on any atom is 0.262 e. The number of anilines is 2. The number of halogens is 3. The lowest BCUT2D eigenvalue weighted by molar-refractivity contribution is -0.118. The molecule has 0 heterocycles. The van der Waals surface area contributed by atoms with Gasteiger partial charge in [-0.2, -0.15) is 0 Å². The molecule has 30 heavy (non-hydrogen) atoms. The first-order chi connectivity index (χ1) is 14.2. The van der Waals surface area contributed by atoms with Gasteiger partial charge < -0.3 is 10.1 Å². The average Bonchev–Trinajstić information content (AvgIpc) is 2.71. The summed E-state index contributed by atoms with van der Waals surface area (Å²) < 4.78 is 71.8. The molecule has 3 aromatic rings. The van der Waals surface area contributed by atoms with E-state index in [2.05, 4.69) is 10.0 Å². The van der Waals surface area contributed by atoms with Crippen LogP contribution in [0.4, 0.5) is 24.5 Å². The van der Waals surface area contributed by atoms with Gasteiger partial charge in [0.15, 0.2) is 6.61 Å². The van der Waals surface area contributed by atoms with Crippen molar-refractivity contribution in [3.05, 3.63) is 84.2 Å². The highest BCUT2D eigenvalue weighted by molar-refractivity contribution is 7.92. The summed E-state index contributed by atoms with van der Waals surface area (Å²) in [6.07, 6.45) is 0. The van der Waals surface area contributed by atoms with Crippen molar-refractivity contribution in [3.8, 4) is 5.75 Å². The van der Waals surface area contributed by atoms with E-state index < -0.39 is 40.0 Å². The standard InChI is InChI=1S/C20H15F3N2O4S/c21-13-1-4-15(5-2-13)25-30(27,28)17-8-6-16(7-9-17)29-12-20(26)24-19-11-14(22)3-10-18(19)23/h1-11,25H,12H2,(H,24,26). The maximum atomic E-state index is 13.5. The summed E-state index contributed by atoms with van der Waals surface area (Å²) in [6.45, 7) is -0.504. The molecule has 0 atom stereocenters. The lowest BCUT2D eigenvalue weighted by atomic mass is 10.3. The van der Waals surface area contributed by atoms with Crippen molar-refractivity contribution in [3.63, 3.8) is 0 Å². The van der Waals surface area contributed by atoms with Crippen LogP contribution in [0, 0.1) is 17.5 Å². The van der Waals surface area contributed by atoms with E-state index in [4.69, 9.17) is 4.74 Å². The number of benzene rings is 3. The molecular weight excluding hydrogens is 421 g/mol. The quantitative estimate of drug-likeness (QED) is 0.588. The summed E-state index contributed by atoms with van der Waals surface area (Å²) in [5.41, 5.74) is -0.130. The monoisotopic (exact) mass is 436 g/mol. The van der Waals surface area contributed by atoms with E-state index in [0.29, 0.717) is 0 Å². The summed E-state index contributed by atoms with van der Waals surface area (Å²) in [6, 6.07) is 12.6. The van der Waals surface area contributed by atoms with E-state index in [0.717, 1.165) is 30.3 Å². The van der Waals surface area contributed by atoms with Gasteiger partial charge in [0.05, 0.1) is 10.6 Å². The molecule has 156 valence electrons. The first kappa shape index (κ1) is 21.2. The van der Waals surface area contributed by atoms with Gasteiger partial charge >= 0.3 is 0 Å². The number of nitrogens with one attached hydrogen (secondary N) is 2. The highest BCUT2D eigenvalue weighted by Crippen LogP contribution is 2.20. The Labute approximate surface area is 170 Å². The molecule has 0 saturated carbocycles.